The predicted molar refractivity (Wildman–Crippen MR) is 332 cm³/mol. The molecule has 0 radical (unpaired) electrons. The van der Waals surface area contributed by atoms with E-state index in [-0.39, 0.29) is 30.1 Å². The standard InChI is InChI=1S/C74H52N6S/c1-6-20-47(21-7-1)62-46-63(48-22-8-2-9-23-48)76-74(75-62)80-67-39-35-50(45-61(67)73-71(80)57-31-17-19-33-65(57)78(73)54-26-12-4-13-27-54)52-37-41-69-59(43-52)58-42-51(36-40-68(58)81-69)49-34-38-66-60(44-49)72-70(79(66)55-28-14-5-15-29-55)56-30-16-18-32-64(56)77(72)53-24-10-3-11-25-53/h1-42,44-46,59,70-73H,43H2. The Morgan fingerprint density at radius 1 is 0.321 bits per heavy atom. The number of benzene rings is 10. The van der Waals surface area contributed by atoms with E-state index < -0.39 is 0 Å². The van der Waals surface area contributed by atoms with Gasteiger partial charge in [-0.3, -0.25) is 0 Å². The second-order valence-corrected chi connectivity index (χ2v) is 23.1. The molecular formula is C74H52N6S. The Bertz CT molecular complexity index is 4300. The summed E-state index contributed by atoms with van der Waals surface area (Å²) in [5, 5.41) is 0. The molecular weight excluding hydrogens is 1000 g/mol. The molecule has 0 fully saturated rings. The van der Waals surface area contributed by atoms with E-state index in [1.165, 1.54) is 88.3 Å². The van der Waals surface area contributed by atoms with Crippen molar-refractivity contribution in [3.8, 4) is 33.6 Å². The molecule has 1 aliphatic carbocycles. The molecule has 11 aromatic rings. The molecule has 17 rings (SSSR count). The third kappa shape index (κ3) is 7.28. The Balaban J connectivity index is 0.750. The smallest absolute Gasteiger partial charge is 0.231 e. The van der Waals surface area contributed by atoms with Crippen LogP contribution >= 0.6 is 11.8 Å². The molecule has 0 spiro atoms. The van der Waals surface area contributed by atoms with Crippen molar-refractivity contribution in [1.29, 1.82) is 0 Å². The number of nitrogens with zero attached hydrogens (tertiary/aromatic N) is 6. The van der Waals surface area contributed by atoms with Crippen LogP contribution in [-0.4, -0.2) is 9.97 Å². The van der Waals surface area contributed by atoms with Crippen LogP contribution in [0.4, 0.5) is 45.8 Å². The topological polar surface area (TPSA) is 38.7 Å². The van der Waals surface area contributed by atoms with E-state index in [0.29, 0.717) is 5.95 Å². The molecule has 5 aliphatic heterocycles. The zero-order valence-corrected chi connectivity index (χ0v) is 45.0. The molecule has 0 saturated heterocycles. The van der Waals surface area contributed by atoms with Gasteiger partial charge in [-0.25, -0.2) is 9.97 Å². The molecule has 0 saturated carbocycles. The molecule has 384 valence electrons. The Morgan fingerprint density at radius 2 is 0.728 bits per heavy atom. The maximum Gasteiger partial charge on any atom is 0.231 e. The van der Waals surface area contributed by atoms with Crippen molar-refractivity contribution in [1.82, 2.24) is 9.97 Å². The van der Waals surface area contributed by atoms with Crippen molar-refractivity contribution in [2.24, 2.45) is 0 Å². The number of aromatic nitrogens is 2. The minimum Gasteiger partial charge on any atom is -0.331 e. The van der Waals surface area contributed by atoms with Crippen molar-refractivity contribution >= 4 is 63.1 Å². The van der Waals surface area contributed by atoms with Crippen LogP contribution in [0, 0.1) is 0 Å². The molecule has 6 aliphatic rings. The molecule has 1 aromatic heterocycles. The summed E-state index contributed by atoms with van der Waals surface area (Å²) in [7, 11) is 0. The van der Waals surface area contributed by atoms with E-state index in [1.807, 2.05) is 11.8 Å². The van der Waals surface area contributed by atoms with Gasteiger partial charge in [0.15, 0.2) is 0 Å². The molecule has 0 bridgehead atoms. The highest BCUT2D eigenvalue weighted by molar-refractivity contribution is 8.03. The van der Waals surface area contributed by atoms with Crippen LogP contribution in [0.5, 0.6) is 0 Å². The normalized spacial score (nSPS) is 19.4. The van der Waals surface area contributed by atoms with Crippen LogP contribution in [-0.2, 0) is 0 Å². The Hall–Kier alpha value is -9.69. The number of fused-ring (bicyclic) bond motifs is 13. The molecule has 81 heavy (non-hydrogen) atoms. The highest BCUT2D eigenvalue weighted by Crippen LogP contribution is 2.65. The maximum absolute atomic E-state index is 5.48. The Labute approximate surface area is 476 Å². The first kappa shape index (κ1) is 46.2. The van der Waals surface area contributed by atoms with Crippen molar-refractivity contribution in [3.05, 3.63) is 311 Å². The number of hydrogen-bond donors (Lipinski definition) is 0. The summed E-state index contributed by atoms with van der Waals surface area (Å²) in [6.07, 6.45) is 5.71. The number of para-hydroxylation sites is 5. The largest absolute Gasteiger partial charge is 0.331 e. The summed E-state index contributed by atoms with van der Waals surface area (Å²) in [6, 6.07) is 95.7. The van der Waals surface area contributed by atoms with Gasteiger partial charge < -0.3 is 19.6 Å². The second kappa shape index (κ2) is 18.4. The van der Waals surface area contributed by atoms with Gasteiger partial charge in [-0.1, -0.05) is 194 Å². The average molecular weight is 1060 g/mol. The summed E-state index contributed by atoms with van der Waals surface area (Å²) < 4.78 is 0. The van der Waals surface area contributed by atoms with Crippen LogP contribution in [0.1, 0.15) is 69.9 Å². The number of allylic oxidation sites excluding steroid dienone is 4. The SMILES string of the molecule is C1=C(c2ccc3c(c2)C2C(c4ccccc4N2c2ccccc2)N3c2nc(-c3ccccc3)cc(-c3ccccc3)n2)CC2C(=C1)Sc1ccc(-c3ccc4c(c3)C3C(c5ccccc5N3c3ccccc3)N4c3ccccc3)cc12. The zero-order chi connectivity index (χ0) is 53.1. The van der Waals surface area contributed by atoms with E-state index in [1.54, 1.807) is 0 Å². The van der Waals surface area contributed by atoms with Gasteiger partial charge in [0.05, 0.1) is 41.2 Å². The van der Waals surface area contributed by atoms with Crippen molar-refractivity contribution in [3.63, 3.8) is 0 Å². The predicted octanol–water partition coefficient (Wildman–Crippen LogP) is 19.2. The van der Waals surface area contributed by atoms with E-state index in [2.05, 4.69) is 293 Å². The van der Waals surface area contributed by atoms with E-state index in [4.69, 9.17) is 9.97 Å². The van der Waals surface area contributed by atoms with E-state index in [9.17, 15) is 0 Å². The van der Waals surface area contributed by atoms with Crippen LogP contribution < -0.4 is 19.6 Å². The zero-order valence-electron chi connectivity index (χ0n) is 44.2. The lowest BCUT2D eigenvalue weighted by atomic mass is 9.84. The minimum absolute atomic E-state index is 0.0370. The lowest BCUT2D eigenvalue weighted by Gasteiger charge is -2.29. The molecule has 6 nitrogen and oxygen atoms in total. The Kier molecular flexibility index (Phi) is 10.5. The molecule has 10 aromatic carbocycles. The number of anilines is 8. The first-order valence-electron chi connectivity index (χ1n) is 28.2. The number of hydrogen-bond acceptors (Lipinski definition) is 7. The van der Waals surface area contributed by atoms with Gasteiger partial charge in [-0.05, 0) is 130 Å². The summed E-state index contributed by atoms with van der Waals surface area (Å²) in [5.41, 5.74) is 24.1. The molecule has 6 heterocycles. The molecule has 0 N–H and O–H groups in total. The maximum atomic E-state index is 5.48. The number of rotatable bonds is 8. The fourth-order valence-electron chi connectivity index (χ4n) is 14.2. The van der Waals surface area contributed by atoms with Gasteiger partial charge in [0, 0.05) is 78.3 Å². The van der Waals surface area contributed by atoms with Gasteiger partial charge >= 0.3 is 0 Å². The van der Waals surface area contributed by atoms with Gasteiger partial charge in [0.25, 0.3) is 0 Å². The third-order valence-corrected chi connectivity index (χ3v) is 18.9. The van der Waals surface area contributed by atoms with Crippen LogP contribution in [0.3, 0.4) is 0 Å². The van der Waals surface area contributed by atoms with Gasteiger partial charge in [0.1, 0.15) is 0 Å². The highest BCUT2D eigenvalue weighted by atomic mass is 32.2. The van der Waals surface area contributed by atoms with Crippen LogP contribution in [0.2, 0.25) is 0 Å². The molecule has 0 amide bonds. The van der Waals surface area contributed by atoms with Gasteiger partial charge in [0.2, 0.25) is 5.95 Å². The van der Waals surface area contributed by atoms with Gasteiger partial charge in [-0.2, -0.15) is 0 Å². The van der Waals surface area contributed by atoms with Crippen LogP contribution in [0.25, 0.3) is 39.2 Å². The monoisotopic (exact) mass is 1060 g/mol. The van der Waals surface area contributed by atoms with Crippen molar-refractivity contribution in [2.45, 2.75) is 41.4 Å². The number of thioether (sulfide) groups is 1. The fraction of sp³-hybridized carbons (Fsp3) is 0.0811. The quantitative estimate of drug-likeness (QED) is 0.150. The summed E-state index contributed by atoms with van der Waals surface area (Å²) in [5.74, 6) is 0.953. The second-order valence-electron chi connectivity index (χ2n) is 22.0. The summed E-state index contributed by atoms with van der Waals surface area (Å²) >= 11 is 1.94. The highest BCUT2D eigenvalue weighted by Gasteiger charge is 2.52. The fourth-order valence-corrected chi connectivity index (χ4v) is 15.4. The summed E-state index contributed by atoms with van der Waals surface area (Å²) in [4.78, 5) is 23.9. The molecule has 5 atom stereocenters. The summed E-state index contributed by atoms with van der Waals surface area (Å²) in [6.45, 7) is 0. The van der Waals surface area contributed by atoms with E-state index >= 15 is 0 Å². The van der Waals surface area contributed by atoms with Gasteiger partial charge in [-0.15, -0.1) is 0 Å². The van der Waals surface area contributed by atoms with E-state index in [0.717, 1.165) is 40.3 Å². The van der Waals surface area contributed by atoms with Crippen molar-refractivity contribution in [2.75, 3.05) is 19.6 Å². The van der Waals surface area contributed by atoms with Crippen molar-refractivity contribution < 1.29 is 0 Å². The average Bonchev–Trinajstić information content (AvgIpc) is 3.26. The molecule has 5 unspecified atom stereocenters. The molecule has 7 heteroatoms. The lowest BCUT2D eigenvalue weighted by molar-refractivity contribution is 0.626. The lowest BCUT2D eigenvalue weighted by Crippen LogP contribution is -2.25. The van der Waals surface area contributed by atoms with Crippen LogP contribution in [0.15, 0.2) is 283 Å². The Morgan fingerprint density at radius 3 is 1.27 bits per heavy atom. The first-order valence-corrected chi connectivity index (χ1v) is 29.0. The first-order chi connectivity index (χ1) is 40.2. The third-order valence-electron chi connectivity index (χ3n) is 17.7. The minimum atomic E-state index is -0.0819.